The van der Waals surface area contributed by atoms with Crippen LogP contribution < -0.4 is 10.1 Å². The molecule has 6 heteroatoms. The molecule has 0 bridgehead atoms. The highest BCUT2D eigenvalue weighted by Gasteiger charge is 2.32. The van der Waals surface area contributed by atoms with E-state index in [0.29, 0.717) is 31.9 Å². The highest BCUT2D eigenvalue weighted by atomic mass is 19.3. The first-order valence-corrected chi connectivity index (χ1v) is 6.23. The molecule has 0 aromatic heterocycles. The maximum Gasteiger partial charge on any atom is 0.258 e. The summed E-state index contributed by atoms with van der Waals surface area (Å²) in [5, 5.41) is 13.0. The number of halogens is 2. The molecule has 1 aliphatic heterocycles. The number of rotatable bonds is 4. The van der Waals surface area contributed by atoms with E-state index < -0.39 is 12.5 Å². The molecule has 4 nitrogen and oxygen atoms in total. The van der Waals surface area contributed by atoms with Crippen molar-refractivity contribution in [1.82, 2.24) is 10.2 Å². The van der Waals surface area contributed by atoms with Gasteiger partial charge in [0.15, 0.2) is 0 Å². The van der Waals surface area contributed by atoms with Gasteiger partial charge < -0.3 is 15.2 Å². The number of benzene rings is 1. The number of methoxy groups -OCH3 is 1. The third-order valence-electron chi connectivity index (χ3n) is 3.34. The van der Waals surface area contributed by atoms with Gasteiger partial charge in [0.2, 0.25) is 0 Å². The van der Waals surface area contributed by atoms with Gasteiger partial charge >= 0.3 is 0 Å². The van der Waals surface area contributed by atoms with Crippen molar-refractivity contribution >= 4 is 0 Å². The van der Waals surface area contributed by atoms with E-state index in [1.165, 1.54) is 19.2 Å². The van der Waals surface area contributed by atoms with E-state index in [1.54, 1.807) is 11.0 Å². The zero-order valence-corrected chi connectivity index (χ0v) is 10.8. The van der Waals surface area contributed by atoms with Gasteiger partial charge in [0.25, 0.3) is 6.43 Å². The standard InChI is InChI=1S/C13H18F2N2O2/c1-19-9-2-3-10(11(18)8-9)12(13(14)15)17-6-4-16-5-7-17/h2-3,8,12-13,16,18H,4-7H2,1H3/t12-/m0/s1. The Balaban J connectivity index is 2.27. The minimum atomic E-state index is -2.54. The van der Waals surface area contributed by atoms with E-state index in [-0.39, 0.29) is 11.3 Å². The van der Waals surface area contributed by atoms with Crippen molar-refractivity contribution < 1.29 is 18.6 Å². The molecular formula is C13H18F2N2O2. The predicted molar refractivity (Wildman–Crippen MR) is 67.8 cm³/mol. The molecule has 1 aromatic carbocycles. The van der Waals surface area contributed by atoms with Crippen LogP contribution >= 0.6 is 0 Å². The van der Waals surface area contributed by atoms with Crippen LogP contribution in [0.25, 0.3) is 0 Å². The van der Waals surface area contributed by atoms with E-state index in [1.807, 2.05) is 0 Å². The first-order chi connectivity index (χ1) is 9.13. The Bertz CT molecular complexity index is 423. The molecule has 0 spiro atoms. The fourth-order valence-corrected chi connectivity index (χ4v) is 2.35. The summed E-state index contributed by atoms with van der Waals surface area (Å²) in [5.41, 5.74) is 0.248. The van der Waals surface area contributed by atoms with Crippen LogP contribution in [0.2, 0.25) is 0 Å². The molecule has 2 N–H and O–H groups in total. The molecule has 0 amide bonds. The number of nitrogens with zero attached hydrogens (tertiary/aromatic N) is 1. The Kier molecular flexibility index (Phi) is 4.55. The first-order valence-electron chi connectivity index (χ1n) is 6.23. The summed E-state index contributed by atoms with van der Waals surface area (Å²) in [5.74, 6) is 0.303. The summed E-state index contributed by atoms with van der Waals surface area (Å²) in [4.78, 5) is 1.70. The summed E-state index contributed by atoms with van der Waals surface area (Å²) in [6.07, 6.45) is -2.54. The lowest BCUT2D eigenvalue weighted by Gasteiger charge is -2.34. The van der Waals surface area contributed by atoms with Gasteiger partial charge in [-0.05, 0) is 12.1 Å². The number of phenolic OH excluding ortho intramolecular Hbond substituents is 1. The Morgan fingerprint density at radius 1 is 1.32 bits per heavy atom. The highest BCUT2D eigenvalue weighted by Crippen LogP contribution is 2.35. The second-order valence-corrected chi connectivity index (χ2v) is 4.49. The first kappa shape index (κ1) is 14.0. The number of alkyl halides is 2. The van der Waals surface area contributed by atoms with Crippen molar-refractivity contribution in [1.29, 1.82) is 0 Å². The Hall–Kier alpha value is -1.40. The molecule has 1 aromatic rings. The van der Waals surface area contributed by atoms with Crippen LogP contribution in [-0.2, 0) is 0 Å². The largest absolute Gasteiger partial charge is 0.507 e. The molecule has 0 radical (unpaired) electrons. The summed E-state index contributed by atoms with van der Waals surface area (Å²) in [7, 11) is 1.47. The number of hydrogen-bond acceptors (Lipinski definition) is 4. The minimum Gasteiger partial charge on any atom is -0.507 e. The molecule has 106 valence electrons. The molecule has 0 unspecified atom stereocenters. The van der Waals surface area contributed by atoms with Crippen LogP contribution in [0.5, 0.6) is 11.5 Å². The predicted octanol–water partition coefficient (Wildman–Crippen LogP) is 1.61. The van der Waals surface area contributed by atoms with Crippen LogP contribution in [0.1, 0.15) is 11.6 Å². The van der Waals surface area contributed by atoms with Gasteiger partial charge in [-0.2, -0.15) is 0 Å². The fraction of sp³-hybridized carbons (Fsp3) is 0.538. The van der Waals surface area contributed by atoms with Crippen LogP contribution in [0.3, 0.4) is 0 Å². The lowest BCUT2D eigenvalue weighted by molar-refractivity contribution is 0.0170. The van der Waals surface area contributed by atoms with Gasteiger partial charge in [-0.15, -0.1) is 0 Å². The van der Waals surface area contributed by atoms with Gasteiger partial charge in [0.1, 0.15) is 11.5 Å². The van der Waals surface area contributed by atoms with Crippen molar-refractivity contribution in [2.45, 2.75) is 12.5 Å². The van der Waals surface area contributed by atoms with E-state index in [9.17, 15) is 13.9 Å². The van der Waals surface area contributed by atoms with Crippen LogP contribution in [0.4, 0.5) is 8.78 Å². The van der Waals surface area contributed by atoms with Gasteiger partial charge in [-0.1, -0.05) is 0 Å². The van der Waals surface area contributed by atoms with E-state index in [4.69, 9.17) is 4.74 Å². The second kappa shape index (κ2) is 6.16. The molecule has 1 fully saturated rings. The zero-order valence-electron chi connectivity index (χ0n) is 10.8. The second-order valence-electron chi connectivity index (χ2n) is 4.49. The minimum absolute atomic E-state index is 0.150. The third-order valence-corrected chi connectivity index (χ3v) is 3.34. The molecular weight excluding hydrogens is 254 g/mol. The van der Waals surface area contributed by atoms with Crippen LogP contribution in [-0.4, -0.2) is 49.7 Å². The average Bonchev–Trinajstić information content (AvgIpc) is 2.41. The number of piperazine rings is 1. The van der Waals surface area contributed by atoms with Crippen molar-refractivity contribution in [3.05, 3.63) is 23.8 Å². The molecule has 19 heavy (non-hydrogen) atoms. The Morgan fingerprint density at radius 2 is 2.00 bits per heavy atom. The smallest absolute Gasteiger partial charge is 0.258 e. The van der Waals surface area contributed by atoms with E-state index in [2.05, 4.69) is 5.32 Å². The summed E-state index contributed by atoms with van der Waals surface area (Å²) in [6.45, 7) is 2.45. The quantitative estimate of drug-likeness (QED) is 0.874. The molecule has 2 rings (SSSR count). The SMILES string of the molecule is COc1ccc([C@@H](C(F)F)N2CCNCC2)c(O)c1. The average molecular weight is 272 g/mol. The monoisotopic (exact) mass is 272 g/mol. The fourth-order valence-electron chi connectivity index (χ4n) is 2.35. The van der Waals surface area contributed by atoms with E-state index in [0.717, 1.165) is 0 Å². The highest BCUT2D eigenvalue weighted by molar-refractivity contribution is 5.41. The maximum atomic E-state index is 13.3. The molecule has 1 aliphatic rings. The Morgan fingerprint density at radius 3 is 2.53 bits per heavy atom. The van der Waals surface area contributed by atoms with Crippen LogP contribution in [0.15, 0.2) is 18.2 Å². The lowest BCUT2D eigenvalue weighted by Crippen LogP contribution is -2.46. The number of nitrogens with one attached hydrogen (secondary N) is 1. The van der Waals surface area contributed by atoms with Gasteiger partial charge in [-0.25, -0.2) is 8.78 Å². The third kappa shape index (κ3) is 3.13. The summed E-state index contributed by atoms with van der Waals surface area (Å²) in [6, 6.07) is 3.39. The van der Waals surface area contributed by atoms with Crippen molar-refractivity contribution in [2.75, 3.05) is 33.3 Å². The molecule has 1 saturated heterocycles. The van der Waals surface area contributed by atoms with Gasteiger partial charge in [-0.3, -0.25) is 4.90 Å². The summed E-state index contributed by atoms with van der Waals surface area (Å²) >= 11 is 0. The van der Waals surface area contributed by atoms with Gasteiger partial charge in [0.05, 0.1) is 13.2 Å². The topological polar surface area (TPSA) is 44.7 Å². The Labute approximate surface area is 111 Å². The number of aromatic hydroxyl groups is 1. The summed E-state index contributed by atoms with van der Waals surface area (Å²) < 4.78 is 31.6. The normalized spacial score (nSPS) is 18.5. The molecule has 1 heterocycles. The van der Waals surface area contributed by atoms with E-state index >= 15 is 0 Å². The number of phenols is 1. The zero-order chi connectivity index (χ0) is 13.8. The maximum absolute atomic E-state index is 13.3. The number of hydrogen-bond donors (Lipinski definition) is 2. The van der Waals surface area contributed by atoms with Crippen molar-refractivity contribution in [2.24, 2.45) is 0 Å². The van der Waals surface area contributed by atoms with Crippen molar-refractivity contribution in [3.63, 3.8) is 0 Å². The molecule has 0 aliphatic carbocycles. The van der Waals surface area contributed by atoms with Crippen LogP contribution in [0, 0.1) is 0 Å². The number of ether oxygens (including phenoxy) is 1. The molecule has 0 saturated carbocycles. The van der Waals surface area contributed by atoms with Crippen molar-refractivity contribution in [3.8, 4) is 11.5 Å². The molecule has 1 atom stereocenters. The van der Waals surface area contributed by atoms with Gasteiger partial charge in [0, 0.05) is 37.8 Å². The lowest BCUT2D eigenvalue weighted by atomic mass is 10.0.